The van der Waals surface area contributed by atoms with E-state index in [1.807, 2.05) is 0 Å². The molecule has 1 saturated heterocycles. The molecule has 1 N–H and O–H groups in total. The summed E-state index contributed by atoms with van der Waals surface area (Å²) in [5, 5.41) is 3.38. The van der Waals surface area contributed by atoms with Crippen LogP contribution in [0.2, 0.25) is 0 Å². The maximum Gasteiger partial charge on any atom is 0.0710 e. The van der Waals surface area contributed by atoms with Crippen LogP contribution >= 0.6 is 0 Å². The molecule has 1 aliphatic rings. The third-order valence-corrected chi connectivity index (χ3v) is 2.01. The van der Waals surface area contributed by atoms with Crippen LogP contribution < -0.4 is 5.32 Å². The predicted octanol–water partition coefficient (Wildman–Crippen LogP) is 0.773. The SMILES string of the molecule is CC[C@@H]1C[C@H](OC)CN1. The quantitative estimate of drug-likeness (QED) is 0.594. The Balaban J connectivity index is 2.20. The molecule has 2 nitrogen and oxygen atoms in total. The Morgan fingerprint density at radius 1 is 1.67 bits per heavy atom. The highest BCUT2D eigenvalue weighted by atomic mass is 16.5. The third-order valence-electron chi connectivity index (χ3n) is 2.01. The molecule has 0 aromatic heterocycles. The first-order valence-electron chi connectivity index (χ1n) is 3.63. The molecule has 0 bridgehead atoms. The minimum Gasteiger partial charge on any atom is -0.380 e. The molecule has 0 aromatic rings. The monoisotopic (exact) mass is 129 g/mol. The van der Waals surface area contributed by atoms with Crippen molar-refractivity contribution in [2.24, 2.45) is 0 Å². The van der Waals surface area contributed by atoms with Gasteiger partial charge in [-0.05, 0) is 12.8 Å². The summed E-state index contributed by atoms with van der Waals surface area (Å²) in [4.78, 5) is 0. The fourth-order valence-electron chi connectivity index (χ4n) is 1.27. The third kappa shape index (κ3) is 1.66. The van der Waals surface area contributed by atoms with Crippen molar-refractivity contribution >= 4 is 0 Å². The topological polar surface area (TPSA) is 21.3 Å². The van der Waals surface area contributed by atoms with E-state index in [9.17, 15) is 0 Å². The Bertz CT molecular complexity index is 75.0. The van der Waals surface area contributed by atoms with Gasteiger partial charge < -0.3 is 10.1 Å². The largest absolute Gasteiger partial charge is 0.380 e. The van der Waals surface area contributed by atoms with E-state index in [0.717, 1.165) is 6.54 Å². The van der Waals surface area contributed by atoms with Crippen molar-refractivity contribution in [2.75, 3.05) is 13.7 Å². The van der Waals surface area contributed by atoms with Gasteiger partial charge in [-0.25, -0.2) is 0 Å². The zero-order valence-corrected chi connectivity index (χ0v) is 6.18. The Hall–Kier alpha value is -0.0800. The normalized spacial score (nSPS) is 35.3. The van der Waals surface area contributed by atoms with Crippen molar-refractivity contribution < 1.29 is 4.74 Å². The Morgan fingerprint density at radius 2 is 2.44 bits per heavy atom. The minimum atomic E-state index is 0.468. The molecule has 2 heteroatoms. The van der Waals surface area contributed by atoms with Gasteiger partial charge in [-0.1, -0.05) is 6.92 Å². The van der Waals surface area contributed by atoms with Gasteiger partial charge in [0.05, 0.1) is 6.10 Å². The van der Waals surface area contributed by atoms with Crippen LogP contribution in [0.1, 0.15) is 19.8 Å². The standard InChI is InChI=1S/C7H15NO/c1-3-6-4-7(9-2)5-8-6/h6-8H,3-5H2,1-2H3/t6-,7+/m1/s1. The van der Waals surface area contributed by atoms with Crippen LogP contribution in [-0.2, 0) is 4.74 Å². The lowest BCUT2D eigenvalue weighted by molar-refractivity contribution is 0.117. The van der Waals surface area contributed by atoms with E-state index in [4.69, 9.17) is 4.74 Å². The first-order valence-corrected chi connectivity index (χ1v) is 3.63. The van der Waals surface area contributed by atoms with E-state index in [-0.39, 0.29) is 0 Å². The van der Waals surface area contributed by atoms with Gasteiger partial charge in [-0.3, -0.25) is 0 Å². The van der Waals surface area contributed by atoms with Gasteiger partial charge in [-0.15, -0.1) is 0 Å². The van der Waals surface area contributed by atoms with Gasteiger partial charge in [0.25, 0.3) is 0 Å². The summed E-state index contributed by atoms with van der Waals surface area (Å²) in [5.74, 6) is 0. The average molecular weight is 129 g/mol. The van der Waals surface area contributed by atoms with Gasteiger partial charge >= 0.3 is 0 Å². The number of nitrogens with one attached hydrogen (secondary N) is 1. The van der Waals surface area contributed by atoms with Gasteiger partial charge in [-0.2, -0.15) is 0 Å². The maximum absolute atomic E-state index is 5.18. The summed E-state index contributed by atoms with van der Waals surface area (Å²) in [6, 6.07) is 0.704. The zero-order valence-electron chi connectivity index (χ0n) is 6.18. The van der Waals surface area contributed by atoms with E-state index < -0.39 is 0 Å². The Morgan fingerprint density at radius 3 is 2.78 bits per heavy atom. The fraction of sp³-hybridized carbons (Fsp3) is 1.00. The van der Waals surface area contributed by atoms with E-state index in [1.165, 1.54) is 12.8 Å². The minimum absolute atomic E-state index is 0.468. The molecule has 0 spiro atoms. The molecule has 0 amide bonds. The van der Waals surface area contributed by atoms with Crippen molar-refractivity contribution in [1.82, 2.24) is 5.32 Å². The molecule has 0 aliphatic carbocycles. The van der Waals surface area contributed by atoms with E-state index in [2.05, 4.69) is 12.2 Å². The van der Waals surface area contributed by atoms with Crippen LogP contribution in [0.4, 0.5) is 0 Å². The molecule has 54 valence electrons. The van der Waals surface area contributed by atoms with Gasteiger partial charge in [0, 0.05) is 19.7 Å². The molecular formula is C7H15NO. The van der Waals surface area contributed by atoms with Crippen molar-refractivity contribution in [3.63, 3.8) is 0 Å². The summed E-state index contributed by atoms with van der Waals surface area (Å²) < 4.78 is 5.18. The Labute approximate surface area is 56.6 Å². The number of ether oxygens (including phenoxy) is 1. The zero-order chi connectivity index (χ0) is 6.69. The molecule has 0 saturated carbocycles. The van der Waals surface area contributed by atoms with Crippen LogP contribution in [0, 0.1) is 0 Å². The van der Waals surface area contributed by atoms with Crippen molar-refractivity contribution in [3.05, 3.63) is 0 Å². The van der Waals surface area contributed by atoms with Crippen LogP contribution in [-0.4, -0.2) is 25.8 Å². The summed E-state index contributed by atoms with van der Waals surface area (Å²) in [6.45, 7) is 3.24. The maximum atomic E-state index is 5.18. The second-order valence-corrected chi connectivity index (χ2v) is 2.61. The number of rotatable bonds is 2. The van der Waals surface area contributed by atoms with Crippen LogP contribution in [0.15, 0.2) is 0 Å². The Kier molecular flexibility index (Phi) is 2.49. The summed E-state index contributed by atoms with van der Waals surface area (Å²) in [5.41, 5.74) is 0. The van der Waals surface area contributed by atoms with Gasteiger partial charge in [0.15, 0.2) is 0 Å². The average Bonchev–Trinajstić information content (AvgIpc) is 2.34. The summed E-state index contributed by atoms with van der Waals surface area (Å²) in [6.07, 6.45) is 2.88. The lowest BCUT2D eigenvalue weighted by Crippen LogP contribution is -2.20. The summed E-state index contributed by atoms with van der Waals surface area (Å²) in [7, 11) is 1.78. The van der Waals surface area contributed by atoms with E-state index in [1.54, 1.807) is 7.11 Å². The second kappa shape index (κ2) is 3.18. The number of hydrogen-bond acceptors (Lipinski definition) is 2. The molecular weight excluding hydrogens is 114 g/mol. The van der Waals surface area contributed by atoms with Crippen molar-refractivity contribution in [3.8, 4) is 0 Å². The molecule has 2 atom stereocenters. The summed E-state index contributed by atoms with van der Waals surface area (Å²) >= 11 is 0. The molecule has 1 heterocycles. The van der Waals surface area contributed by atoms with Crippen LogP contribution in [0.3, 0.4) is 0 Å². The van der Waals surface area contributed by atoms with E-state index >= 15 is 0 Å². The van der Waals surface area contributed by atoms with Crippen LogP contribution in [0.25, 0.3) is 0 Å². The second-order valence-electron chi connectivity index (χ2n) is 2.61. The van der Waals surface area contributed by atoms with E-state index in [0.29, 0.717) is 12.1 Å². The molecule has 1 rings (SSSR count). The molecule has 1 fully saturated rings. The van der Waals surface area contributed by atoms with Gasteiger partial charge in [0.2, 0.25) is 0 Å². The molecule has 1 aliphatic heterocycles. The van der Waals surface area contributed by atoms with Crippen molar-refractivity contribution in [2.45, 2.75) is 31.9 Å². The highest BCUT2D eigenvalue weighted by molar-refractivity contribution is 4.80. The lowest BCUT2D eigenvalue weighted by atomic mass is 10.1. The highest BCUT2D eigenvalue weighted by Crippen LogP contribution is 2.11. The number of hydrogen-bond donors (Lipinski definition) is 1. The van der Waals surface area contributed by atoms with Gasteiger partial charge in [0.1, 0.15) is 0 Å². The molecule has 0 unspecified atom stereocenters. The molecule has 0 aromatic carbocycles. The fourth-order valence-corrected chi connectivity index (χ4v) is 1.27. The predicted molar refractivity (Wildman–Crippen MR) is 37.5 cm³/mol. The lowest BCUT2D eigenvalue weighted by Gasteiger charge is -2.04. The highest BCUT2D eigenvalue weighted by Gasteiger charge is 2.21. The first kappa shape index (κ1) is 7.03. The first-order chi connectivity index (χ1) is 4.36. The number of methoxy groups -OCH3 is 1. The molecule has 9 heavy (non-hydrogen) atoms. The van der Waals surface area contributed by atoms with Crippen molar-refractivity contribution in [1.29, 1.82) is 0 Å². The van der Waals surface area contributed by atoms with Crippen LogP contribution in [0.5, 0.6) is 0 Å². The molecule has 0 radical (unpaired) electrons. The smallest absolute Gasteiger partial charge is 0.0710 e.